The molecule has 2 aromatic heterocycles. The van der Waals surface area contributed by atoms with E-state index in [0.717, 1.165) is 0 Å². The molecule has 1 aliphatic rings. The predicted molar refractivity (Wildman–Crippen MR) is 67.7 cm³/mol. The number of aromatic carboxylic acids is 1. The molecule has 8 heteroatoms. The number of fused-ring (bicyclic) bond motifs is 1. The minimum absolute atomic E-state index is 0.0830. The Morgan fingerprint density at radius 3 is 2.90 bits per heavy atom. The lowest BCUT2D eigenvalue weighted by molar-refractivity contribution is -0.120. The molecule has 8 nitrogen and oxygen atoms in total. The molecule has 2 N–H and O–H groups in total. The Morgan fingerprint density at radius 1 is 1.40 bits per heavy atom. The van der Waals surface area contributed by atoms with Crippen LogP contribution < -0.4 is 10.2 Å². The number of hydrogen-bond acceptors (Lipinski definition) is 4. The van der Waals surface area contributed by atoms with Crippen LogP contribution >= 0.6 is 0 Å². The van der Waals surface area contributed by atoms with Gasteiger partial charge < -0.3 is 9.51 Å². The third kappa shape index (κ3) is 1.87. The highest BCUT2D eigenvalue weighted by Gasteiger charge is 2.25. The fourth-order valence-electron chi connectivity index (χ4n) is 2.12. The molecular formula is C12H10N4O4. The SMILES string of the molecule is O=C1CCN(c2ccn3cnc(C(=O)O)c3c2)C(=O)N1. The molecule has 0 atom stereocenters. The van der Waals surface area contributed by atoms with Crippen LogP contribution in [0, 0.1) is 0 Å². The summed E-state index contributed by atoms with van der Waals surface area (Å²) in [5, 5.41) is 11.3. The minimum atomic E-state index is -1.14. The van der Waals surface area contributed by atoms with Gasteiger partial charge in [0, 0.05) is 24.8 Å². The number of pyridine rings is 1. The lowest BCUT2D eigenvalue weighted by Crippen LogP contribution is -2.49. The molecule has 0 aliphatic carbocycles. The fourth-order valence-corrected chi connectivity index (χ4v) is 2.12. The number of aromatic nitrogens is 2. The number of carbonyl (C=O) groups excluding carboxylic acids is 2. The molecule has 102 valence electrons. The average molecular weight is 274 g/mol. The fraction of sp³-hybridized carbons (Fsp3) is 0.167. The van der Waals surface area contributed by atoms with Crippen LogP contribution in [-0.2, 0) is 4.79 Å². The second kappa shape index (κ2) is 4.34. The number of carbonyl (C=O) groups is 3. The van der Waals surface area contributed by atoms with Crippen molar-refractivity contribution in [2.45, 2.75) is 6.42 Å². The number of imide groups is 1. The second-order valence-electron chi connectivity index (χ2n) is 4.33. The number of nitrogens with zero attached hydrogens (tertiary/aromatic N) is 3. The Labute approximate surface area is 112 Å². The molecule has 0 spiro atoms. The number of amides is 3. The lowest BCUT2D eigenvalue weighted by atomic mass is 10.2. The summed E-state index contributed by atoms with van der Waals surface area (Å²) < 4.78 is 1.56. The quantitative estimate of drug-likeness (QED) is 0.828. The van der Waals surface area contributed by atoms with E-state index in [4.69, 9.17) is 5.11 Å². The second-order valence-corrected chi connectivity index (χ2v) is 4.33. The lowest BCUT2D eigenvalue weighted by Gasteiger charge is -2.26. The normalized spacial score (nSPS) is 15.5. The van der Waals surface area contributed by atoms with E-state index in [9.17, 15) is 14.4 Å². The summed E-state index contributed by atoms with van der Waals surface area (Å²) in [6.07, 6.45) is 3.22. The Bertz CT molecular complexity index is 736. The number of imidazole rings is 1. The standard InChI is InChI=1S/C12H10N4O4/c17-9-2-4-16(12(20)14-9)7-1-3-15-6-13-10(11(18)19)8(15)5-7/h1,3,5-6H,2,4H2,(H,18,19)(H,14,17,20). The maximum Gasteiger partial charge on any atom is 0.356 e. The number of carboxylic acid groups (broad SMARTS) is 1. The number of urea groups is 1. The number of hydrogen-bond donors (Lipinski definition) is 2. The first kappa shape index (κ1) is 12.2. The van der Waals surface area contributed by atoms with Crippen molar-refractivity contribution in [3.63, 3.8) is 0 Å². The van der Waals surface area contributed by atoms with Gasteiger partial charge in [-0.05, 0) is 12.1 Å². The molecular weight excluding hydrogens is 264 g/mol. The number of rotatable bonds is 2. The van der Waals surface area contributed by atoms with Crippen LogP contribution in [0.3, 0.4) is 0 Å². The number of carboxylic acids is 1. The van der Waals surface area contributed by atoms with Crippen molar-refractivity contribution in [3.8, 4) is 0 Å². The Hall–Kier alpha value is -2.90. The van der Waals surface area contributed by atoms with Crippen molar-refractivity contribution < 1.29 is 19.5 Å². The number of anilines is 1. The highest BCUT2D eigenvalue weighted by atomic mass is 16.4. The zero-order chi connectivity index (χ0) is 14.3. The Kier molecular flexibility index (Phi) is 2.63. The van der Waals surface area contributed by atoms with Gasteiger partial charge in [0.1, 0.15) is 6.33 Å². The van der Waals surface area contributed by atoms with E-state index in [1.807, 2.05) is 0 Å². The monoisotopic (exact) mass is 274 g/mol. The van der Waals surface area contributed by atoms with Gasteiger partial charge in [-0.1, -0.05) is 0 Å². The molecule has 0 bridgehead atoms. The van der Waals surface area contributed by atoms with E-state index in [0.29, 0.717) is 11.2 Å². The van der Waals surface area contributed by atoms with Crippen molar-refractivity contribution >= 4 is 29.1 Å². The van der Waals surface area contributed by atoms with Crippen molar-refractivity contribution in [3.05, 3.63) is 30.4 Å². The van der Waals surface area contributed by atoms with E-state index >= 15 is 0 Å². The maximum absolute atomic E-state index is 11.8. The van der Waals surface area contributed by atoms with Crippen LogP contribution in [0.5, 0.6) is 0 Å². The first-order chi connectivity index (χ1) is 9.56. The molecule has 3 heterocycles. The molecule has 0 aromatic carbocycles. The largest absolute Gasteiger partial charge is 0.476 e. The third-order valence-electron chi connectivity index (χ3n) is 3.09. The van der Waals surface area contributed by atoms with Gasteiger partial charge in [-0.3, -0.25) is 15.0 Å². The van der Waals surface area contributed by atoms with Crippen LogP contribution in [0.2, 0.25) is 0 Å². The van der Waals surface area contributed by atoms with E-state index in [1.165, 1.54) is 11.2 Å². The summed E-state index contributed by atoms with van der Waals surface area (Å²) in [6, 6.07) is 2.71. The van der Waals surface area contributed by atoms with Gasteiger partial charge in [0.25, 0.3) is 0 Å². The van der Waals surface area contributed by atoms with Gasteiger partial charge in [-0.15, -0.1) is 0 Å². The van der Waals surface area contributed by atoms with Gasteiger partial charge in [-0.2, -0.15) is 0 Å². The van der Waals surface area contributed by atoms with Crippen molar-refractivity contribution in [1.82, 2.24) is 14.7 Å². The summed E-state index contributed by atoms with van der Waals surface area (Å²) in [4.78, 5) is 39.1. The molecule has 1 aliphatic heterocycles. The smallest absolute Gasteiger partial charge is 0.356 e. The molecule has 0 radical (unpaired) electrons. The van der Waals surface area contributed by atoms with E-state index < -0.39 is 12.0 Å². The highest BCUT2D eigenvalue weighted by Crippen LogP contribution is 2.21. The predicted octanol–water partition coefficient (Wildman–Crippen LogP) is 0.479. The van der Waals surface area contributed by atoms with Gasteiger partial charge in [-0.25, -0.2) is 14.6 Å². The van der Waals surface area contributed by atoms with Crippen molar-refractivity contribution in [2.75, 3.05) is 11.4 Å². The van der Waals surface area contributed by atoms with E-state index in [2.05, 4.69) is 10.3 Å². The molecule has 3 amide bonds. The van der Waals surface area contributed by atoms with Gasteiger partial charge in [0.2, 0.25) is 5.91 Å². The molecule has 1 saturated heterocycles. The van der Waals surface area contributed by atoms with Gasteiger partial charge >= 0.3 is 12.0 Å². The van der Waals surface area contributed by atoms with Crippen LogP contribution in [0.25, 0.3) is 5.52 Å². The topological polar surface area (TPSA) is 104 Å². The van der Waals surface area contributed by atoms with Crippen molar-refractivity contribution in [2.24, 2.45) is 0 Å². The molecule has 0 unspecified atom stereocenters. The van der Waals surface area contributed by atoms with Gasteiger partial charge in [0.05, 0.1) is 5.52 Å². The van der Waals surface area contributed by atoms with Crippen LogP contribution in [0.1, 0.15) is 16.9 Å². The maximum atomic E-state index is 11.8. The van der Waals surface area contributed by atoms with Gasteiger partial charge in [0.15, 0.2) is 5.69 Å². The first-order valence-electron chi connectivity index (χ1n) is 5.87. The van der Waals surface area contributed by atoms with E-state index in [1.54, 1.807) is 22.7 Å². The zero-order valence-electron chi connectivity index (χ0n) is 10.2. The van der Waals surface area contributed by atoms with Crippen LogP contribution in [0.15, 0.2) is 24.7 Å². The molecule has 20 heavy (non-hydrogen) atoms. The summed E-state index contributed by atoms with van der Waals surface area (Å²) in [5.74, 6) is -1.45. The Balaban J connectivity index is 2.04. The molecule has 2 aromatic rings. The zero-order valence-corrected chi connectivity index (χ0v) is 10.2. The molecule has 1 fully saturated rings. The first-order valence-corrected chi connectivity index (χ1v) is 5.87. The number of nitrogens with one attached hydrogen (secondary N) is 1. The minimum Gasteiger partial charge on any atom is -0.476 e. The summed E-state index contributed by atoms with van der Waals surface area (Å²) in [6.45, 7) is 0.261. The highest BCUT2D eigenvalue weighted by molar-refractivity contribution is 6.06. The average Bonchev–Trinajstić information content (AvgIpc) is 2.81. The Morgan fingerprint density at radius 2 is 2.20 bits per heavy atom. The van der Waals surface area contributed by atoms with E-state index in [-0.39, 0.29) is 24.6 Å². The van der Waals surface area contributed by atoms with Crippen LogP contribution in [-0.4, -0.2) is 38.9 Å². The summed E-state index contributed by atoms with van der Waals surface area (Å²) >= 11 is 0. The summed E-state index contributed by atoms with van der Waals surface area (Å²) in [7, 11) is 0. The third-order valence-corrected chi connectivity index (χ3v) is 3.09. The molecule has 0 saturated carbocycles. The van der Waals surface area contributed by atoms with Crippen LogP contribution in [0.4, 0.5) is 10.5 Å². The van der Waals surface area contributed by atoms with Crippen molar-refractivity contribution in [1.29, 1.82) is 0 Å². The molecule has 3 rings (SSSR count). The summed E-state index contributed by atoms with van der Waals surface area (Å²) in [5.41, 5.74) is 0.825.